The lowest BCUT2D eigenvalue weighted by Gasteiger charge is -2.21. The number of amides is 2. The first kappa shape index (κ1) is 16.9. The Morgan fingerprint density at radius 3 is 2.76 bits per heavy atom. The van der Waals surface area contributed by atoms with Crippen LogP contribution in [0, 0.1) is 5.92 Å². The minimum Gasteiger partial charge on any atom is -0.481 e. The van der Waals surface area contributed by atoms with E-state index in [0.717, 1.165) is 5.69 Å². The summed E-state index contributed by atoms with van der Waals surface area (Å²) in [6.45, 7) is 5.12. The number of urea groups is 1. The maximum absolute atomic E-state index is 12.0. The molecule has 0 aromatic carbocycles. The molecule has 0 fully saturated rings. The van der Waals surface area contributed by atoms with Gasteiger partial charge in [0.2, 0.25) is 0 Å². The lowest BCUT2D eigenvalue weighted by atomic mass is 10.1. The van der Waals surface area contributed by atoms with Crippen molar-refractivity contribution >= 4 is 12.0 Å². The van der Waals surface area contributed by atoms with Gasteiger partial charge in [0.15, 0.2) is 0 Å². The van der Waals surface area contributed by atoms with Crippen LogP contribution in [0.15, 0.2) is 24.4 Å². The maximum Gasteiger partial charge on any atom is 0.317 e. The second-order valence-electron chi connectivity index (χ2n) is 4.95. The van der Waals surface area contributed by atoms with E-state index in [1.165, 1.54) is 0 Å². The highest BCUT2D eigenvalue weighted by atomic mass is 16.4. The number of hydrogen-bond acceptors (Lipinski definition) is 3. The molecule has 116 valence electrons. The van der Waals surface area contributed by atoms with Crippen LogP contribution in [0.2, 0.25) is 0 Å². The summed E-state index contributed by atoms with van der Waals surface area (Å²) in [7, 11) is 0. The smallest absolute Gasteiger partial charge is 0.317 e. The summed E-state index contributed by atoms with van der Waals surface area (Å²) < 4.78 is 0. The zero-order chi connectivity index (χ0) is 15.7. The molecule has 1 rings (SSSR count). The third kappa shape index (κ3) is 6.25. The fraction of sp³-hybridized carbons (Fsp3) is 0.533. The van der Waals surface area contributed by atoms with Crippen molar-refractivity contribution in [2.75, 3.05) is 13.1 Å². The summed E-state index contributed by atoms with van der Waals surface area (Å²) in [6, 6.07) is 5.46. The molecular weight excluding hydrogens is 270 g/mol. The molecule has 0 bridgehead atoms. The Kier molecular flexibility index (Phi) is 7.21. The largest absolute Gasteiger partial charge is 0.481 e. The van der Waals surface area contributed by atoms with Crippen molar-refractivity contribution in [1.29, 1.82) is 0 Å². The molecule has 0 aliphatic heterocycles. The Bertz CT molecular complexity index is 451. The van der Waals surface area contributed by atoms with Gasteiger partial charge in [-0.15, -0.1) is 0 Å². The van der Waals surface area contributed by atoms with Crippen LogP contribution in [0.5, 0.6) is 0 Å². The first-order chi connectivity index (χ1) is 10.0. The molecule has 1 aromatic heterocycles. The van der Waals surface area contributed by atoms with Gasteiger partial charge in [-0.25, -0.2) is 4.79 Å². The number of nitrogens with zero attached hydrogens (tertiary/aromatic N) is 2. The van der Waals surface area contributed by atoms with Crippen LogP contribution in [-0.4, -0.2) is 40.1 Å². The second kappa shape index (κ2) is 8.94. The van der Waals surface area contributed by atoms with Crippen LogP contribution in [0.4, 0.5) is 4.79 Å². The molecule has 6 heteroatoms. The van der Waals surface area contributed by atoms with Gasteiger partial charge in [0.25, 0.3) is 0 Å². The van der Waals surface area contributed by atoms with Crippen molar-refractivity contribution in [3.63, 3.8) is 0 Å². The van der Waals surface area contributed by atoms with E-state index < -0.39 is 5.97 Å². The van der Waals surface area contributed by atoms with Crippen molar-refractivity contribution in [3.8, 4) is 0 Å². The highest BCUT2D eigenvalue weighted by Gasteiger charge is 2.13. The Morgan fingerprint density at radius 1 is 1.43 bits per heavy atom. The van der Waals surface area contributed by atoms with Crippen LogP contribution < -0.4 is 5.32 Å². The molecule has 2 N–H and O–H groups in total. The average Bonchev–Trinajstić information content (AvgIpc) is 2.49. The van der Waals surface area contributed by atoms with E-state index in [2.05, 4.69) is 10.3 Å². The molecular formula is C15H23N3O3. The monoisotopic (exact) mass is 293 g/mol. The quantitative estimate of drug-likeness (QED) is 0.719. The number of carboxylic acids is 1. The lowest BCUT2D eigenvalue weighted by Crippen LogP contribution is -2.40. The second-order valence-corrected chi connectivity index (χ2v) is 4.95. The van der Waals surface area contributed by atoms with E-state index in [1.54, 1.807) is 18.0 Å². The van der Waals surface area contributed by atoms with Gasteiger partial charge >= 0.3 is 12.0 Å². The molecule has 1 atom stereocenters. The molecule has 6 nitrogen and oxygen atoms in total. The predicted octanol–water partition coefficient (Wildman–Crippen LogP) is 2.11. The van der Waals surface area contributed by atoms with Gasteiger partial charge in [0.05, 0.1) is 18.2 Å². The molecule has 21 heavy (non-hydrogen) atoms. The summed E-state index contributed by atoms with van der Waals surface area (Å²) >= 11 is 0. The number of hydrogen-bond donors (Lipinski definition) is 2. The summed E-state index contributed by atoms with van der Waals surface area (Å²) in [6.07, 6.45) is 2.91. The summed E-state index contributed by atoms with van der Waals surface area (Å²) in [5, 5.41) is 11.6. The number of pyridine rings is 1. The number of aromatic nitrogens is 1. The van der Waals surface area contributed by atoms with Gasteiger partial charge in [0.1, 0.15) is 0 Å². The van der Waals surface area contributed by atoms with E-state index in [4.69, 9.17) is 5.11 Å². The van der Waals surface area contributed by atoms with Crippen molar-refractivity contribution in [3.05, 3.63) is 30.1 Å². The van der Waals surface area contributed by atoms with Crippen LogP contribution >= 0.6 is 0 Å². The minimum atomic E-state index is -0.799. The molecule has 0 saturated carbocycles. The fourth-order valence-corrected chi connectivity index (χ4v) is 1.85. The van der Waals surface area contributed by atoms with Gasteiger partial charge in [0, 0.05) is 19.3 Å². The molecule has 1 heterocycles. The van der Waals surface area contributed by atoms with E-state index in [9.17, 15) is 9.59 Å². The Labute approximate surface area is 125 Å². The number of rotatable bonds is 8. The van der Waals surface area contributed by atoms with Crippen LogP contribution in [0.25, 0.3) is 0 Å². The molecule has 0 spiro atoms. The fourth-order valence-electron chi connectivity index (χ4n) is 1.85. The number of carbonyl (C=O) groups is 2. The number of nitrogens with one attached hydrogen (secondary N) is 1. The van der Waals surface area contributed by atoms with Crippen molar-refractivity contribution in [2.24, 2.45) is 5.92 Å². The molecule has 1 aromatic rings. The van der Waals surface area contributed by atoms with Crippen molar-refractivity contribution in [1.82, 2.24) is 15.2 Å². The number of aliphatic carboxylic acids is 1. The third-order valence-corrected chi connectivity index (χ3v) is 3.26. The van der Waals surface area contributed by atoms with E-state index in [-0.39, 0.29) is 11.9 Å². The zero-order valence-electron chi connectivity index (χ0n) is 12.6. The zero-order valence-corrected chi connectivity index (χ0v) is 12.6. The Hall–Kier alpha value is -2.11. The van der Waals surface area contributed by atoms with Crippen molar-refractivity contribution in [2.45, 2.75) is 33.2 Å². The van der Waals surface area contributed by atoms with Crippen LogP contribution in [-0.2, 0) is 11.3 Å². The average molecular weight is 293 g/mol. The van der Waals surface area contributed by atoms with E-state index >= 15 is 0 Å². The third-order valence-electron chi connectivity index (χ3n) is 3.26. The molecule has 0 aliphatic carbocycles. The Morgan fingerprint density at radius 2 is 2.19 bits per heavy atom. The maximum atomic E-state index is 12.0. The molecule has 0 radical (unpaired) electrons. The van der Waals surface area contributed by atoms with Crippen LogP contribution in [0.1, 0.15) is 32.4 Å². The van der Waals surface area contributed by atoms with Gasteiger partial charge in [-0.3, -0.25) is 9.78 Å². The van der Waals surface area contributed by atoms with Gasteiger partial charge in [-0.2, -0.15) is 0 Å². The number of carbonyl (C=O) groups excluding carboxylic acids is 1. The first-order valence-electron chi connectivity index (χ1n) is 7.20. The predicted molar refractivity (Wildman–Crippen MR) is 79.8 cm³/mol. The Balaban J connectivity index is 2.33. The van der Waals surface area contributed by atoms with Crippen molar-refractivity contribution < 1.29 is 14.7 Å². The standard InChI is InChI=1S/C15H23N3O3/c1-3-18(11-13-8-4-5-9-16-13)15(21)17-10-6-7-12(2)14(19)20/h4-5,8-9,12H,3,6-7,10-11H2,1-2H3,(H,17,21)(H,19,20). The molecule has 1 unspecified atom stereocenters. The van der Waals surface area contributed by atoms with E-state index in [1.807, 2.05) is 25.1 Å². The molecule has 0 aliphatic rings. The summed E-state index contributed by atoms with van der Waals surface area (Å²) in [4.78, 5) is 28.6. The first-order valence-corrected chi connectivity index (χ1v) is 7.20. The van der Waals surface area contributed by atoms with Gasteiger partial charge in [-0.05, 0) is 31.9 Å². The highest BCUT2D eigenvalue weighted by molar-refractivity contribution is 5.74. The molecule has 2 amide bonds. The summed E-state index contributed by atoms with van der Waals surface area (Å²) in [5.74, 6) is -1.18. The van der Waals surface area contributed by atoms with Gasteiger partial charge in [-0.1, -0.05) is 13.0 Å². The van der Waals surface area contributed by atoms with E-state index in [0.29, 0.717) is 32.5 Å². The SMILES string of the molecule is CCN(Cc1ccccn1)C(=O)NCCCC(C)C(=O)O. The van der Waals surface area contributed by atoms with Crippen LogP contribution in [0.3, 0.4) is 0 Å². The molecule has 0 saturated heterocycles. The number of carboxylic acid groups (broad SMARTS) is 1. The normalized spacial score (nSPS) is 11.7. The topological polar surface area (TPSA) is 82.5 Å². The highest BCUT2D eigenvalue weighted by Crippen LogP contribution is 2.05. The minimum absolute atomic E-state index is 0.147. The van der Waals surface area contributed by atoms with Gasteiger partial charge < -0.3 is 15.3 Å². The lowest BCUT2D eigenvalue weighted by molar-refractivity contribution is -0.141. The summed E-state index contributed by atoms with van der Waals surface area (Å²) in [5.41, 5.74) is 0.842.